The van der Waals surface area contributed by atoms with Gasteiger partial charge >= 0.3 is 0 Å². The second-order valence-corrected chi connectivity index (χ2v) is 8.55. The summed E-state index contributed by atoms with van der Waals surface area (Å²) >= 11 is 0. The summed E-state index contributed by atoms with van der Waals surface area (Å²) < 4.78 is 1.81. The lowest BCUT2D eigenvalue weighted by Gasteiger charge is -2.27. The van der Waals surface area contributed by atoms with E-state index in [0.717, 1.165) is 5.56 Å². The van der Waals surface area contributed by atoms with E-state index in [1.807, 2.05) is 39.0 Å². The van der Waals surface area contributed by atoms with E-state index in [-0.39, 0.29) is 24.4 Å². The highest BCUT2D eigenvalue weighted by molar-refractivity contribution is 6.01. The van der Waals surface area contributed by atoms with Crippen LogP contribution in [0.25, 0.3) is 33.4 Å². The first-order valence-corrected chi connectivity index (χ1v) is 10.5. The quantitative estimate of drug-likeness (QED) is 0.332. The topological polar surface area (TPSA) is 113 Å². The number of carbonyl (C=O) groups is 1. The number of phenolic OH excluding ortho intramolecular Hbond substituents is 1. The number of hydrogen-bond donors (Lipinski definition) is 2. The van der Waals surface area contributed by atoms with Crippen LogP contribution in [-0.4, -0.2) is 48.2 Å². The second-order valence-electron chi connectivity index (χ2n) is 8.55. The Morgan fingerprint density at radius 2 is 2.00 bits per heavy atom. The molecule has 170 valence electrons. The minimum atomic E-state index is -0.562. The van der Waals surface area contributed by atoms with Crippen LogP contribution in [0.4, 0.5) is 0 Å². The lowest BCUT2D eigenvalue weighted by Crippen LogP contribution is -2.35. The van der Waals surface area contributed by atoms with Crippen molar-refractivity contribution in [3.8, 4) is 28.1 Å². The van der Waals surface area contributed by atoms with Crippen LogP contribution in [0.1, 0.15) is 20.8 Å². The number of benzene rings is 1. The van der Waals surface area contributed by atoms with Crippen LogP contribution in [-0.2, 0) is 16.2 Å². The van der Waals surface area contributed by atoms with Gasteiger partial charge in [0, 0.05) is 35.6 Å². The van der Waals surface area contributed by atoms with Gasteiger partial charge in [0.2, 0.25) is 6.41 Å². The van der Waals surface area contributed by atoms with Crippen LogP contribution in [0.15, 0.2) is 59.9 Å². The van der Waals surface area contributed by atoms with E-state index >= 15 is 0 Å². The van der Waals surface area contributed by atoms with E-state index in [2.05, 4.69) is 15.0 Å². The molecule has 0 fully saturated rings. The average Bonchev–Trinajstić information content (AvgIpc) is 3.12. The number of nitrogens with zero attached hydrogens (tertiary/aromatic N) is 4. The van der Waals surface area contributed by atoms with Crippen LogP contribution in [0.5, 0.6) is 5.75 Å². The summed E-state index contributed by atoms with van der Waals surface area (Å²) in [5.74, 6) is 0.0916. The molecule has 0 saturated carbocycles. The molecular formula is C24H25N5O4. The Hall–Kier alpha value is -3.98. The molecule has 0 saturated heterocycles. The van der Waals surface area contributed by atoms with E-state index in [9.17, 15) is 14.7 Å². The standard InChI is InChI=1S/C24H25N5O4/c1-24(2,3)33-28(15-30)10-11-29-21(16-6-4-8-18(31)12-16)19(17-7-5-9-25-13-17)20-22(29)23(32)27-14-26-20/h4-9,12-15,31H,10-11H2,1-3H3,(H,26,27,32). The van der Waals surface area contributed by atoms with E-state index in [1.165, 1.54) is 11.4 Å². The van der Waals surface area contributed by atoms with Crippen molar-refractivity contribution >= 4 is 17.4 Å². The normalized spacial score (nSPS) is 11.6. The molecule has 0 atom stereocenters. The van der Waals surface area contributed by atoms with Crippen LogP contribution >= 0.6 is 0 Å². The van der Waals surface area contributed by atoms with Gasteiger partial charge in [0.15, 0.2) is 0 Å². The number of rotatable bonds is 7. The molecule has 3 aromatic heterocycles. The molecule has 3 heterocycles. The number of aromatic nitrogens is 4. The molecule has 33 heavy (non-hydrogen) atoms. The Balaban J connectivity index is 1.96. The van der Waals surface area contributed by atoms with Crippen LogP contribution < -0.4 is 5.56 Å². The minimum Gasteiger partial charge on any atom is -0.508 e. The summed E-state index contributed by atoms with van der Waals surface area (Å²) in [7, 11) is 0. The van der Waals surface area contributed by atoms with Gasteiger partial charge in [-0.25, -0.2) is 10.0 Å². The first-order chi connectivity index (χ1) is 15.8. The highest BCUT2D eigenvalue weighted by Gasteiger charge is 2.24. The molecule has 0 aliphatic carbocycles. The number of aromatic amines is 1. The molecule has 9 nitrogen and oxygen atoms in total. The van der Waals surface area contributed by atoms with Crippen molar-refractivity contribution in [2.75, 3.05) is 6.54 Å². The first kappa shape index (κ1) is 22.2. The lowest BCUT2D eigenvalue weighted by molar-refractivity contribution is -0.216. The predicted molar refractivity (Wildman–Crippen MR) is 124 cm³/mol. The fraction of sp³-hybridized carbons (Fsp3) is 0.250. The molecule has 0 bridgehead atoms. The monoisotopic (exact) mass is 447 g/mol. The number of aromatic hydroxyl groups is 1. The number of pyridine rings is 1. The predicted octanol–water partition coefficient (Wildman–Crippen LogP) is 3.35. The van der Waals surface area contributed by atoms with Gasteiger partial charge in [-0.05, 0) is 39.0 Å². The SMILES string of the molecule is CC(C)(C)ON(C=O)CCn1c(-c2cccc(O)c2)c(-c2cccnc2)c2nc[nH]c(=O)c21. The minimum absolute atomic E-state index is 0.0916. The Bertz CT molecular complexity index is 1340. The number of phenols is 1. The third-order valence-electron chi connectivity index (χ3n) is 4.96. The van der Waals surface area contributed by atoms with Gasteiger partial charge in [0.1, 0.15) is 16.8 Å². The Morgan fingerprint density at radius 3 is 2.67 bits per heavy atom. The van der Waals surface area contributed by atoms with Crippen molar-refractivity contribution in [2.24, 2.45) is 0 Å². The van der Waals surface area contributed by atoms with Crippen LogP contribution in [0.2, 0.25) is 0 Å². The average molecular weight is 447 g/mol. The zero-order chi connectivity index (χ0) is 23.6. The van der Waals surface area contributed by atoms with Crippen molar-refractivity contribution in [3.63, 3.8) is 0 Å². The fourth-order valence-corrected chi connectivity index (χ4v) is 3.82. The van der Waals surface area contributed by atoms with Crippen LogP contribution in [0.3, 0.4) is 0 Å². The molecule has 0 unspecified atom stereocenters. The summed E-state index contributed by atoms with van der Waals surface area (Å²) in [4.78, 5) is 41.6. The Morgan fingerprint density at radius 1 is 1.21 bits per heavy atom. The molecule has 1 aromatic carbocycles. The molecule has 0 aliphatic rings. The number of nitrogens with one attached hydrogen (secondary N) is 1. The van der Waals surface area contributed by atoms with Gasteiger partial charge in [-0.3, -0.25) is 19.4 Å². The maximum atomic E-state index is 12.9. The van der Waals surface area contributed by atoms with Gasteiger partial charge in [-0.15, -0.1) is 0 Å². The van der Waals surface area contributed by atoms with E-state index < -0.39 is 5.60 Å². The maximum absolute atomic E-state index is 12.9. The smallest absolute Gasteiger partial charge is 0.275 e. The number of carbonyl (C=O) groups excluding carboxylic acids is 1. The van der Waals surface area contributed by atoms with Crippen molar-refractivity contribution < 1.29 is 14.7 Å². The van der Waals surface area contributed by atoms with E-state index in [4.69, 9.17) is 4.84 Å². The molecule has 0 spiro atoms. The number of hydroxylamine groups is 2. The molecule has 9 heteroatoms. The van der Waals surface area contributed by atoms with Crippen molar-refractivity contribution in [1.82, 2.24) is 24.6 Å². The molecule has 1 amide bonds. The third kappa shape index (κ3) is 4.63. The first-order valence-electron chi connectivity index (χ1n) is 10.5. The second kappa shape index (κ2) is 8.87. The van der Waals surface area contributed by atoms with Gasteiger partial charge in [0.05, 0.1) is 24.2 Å². The van der Waals surface area contributed by atoms with Gasteiger partial charge in [-0.1, -0.05) is 18.2 Å². The zero-order valence-electron chi connectivity index (χ0n) is 18.6. The number of H-pyrrole nitrogens is 1. The molecule has 0 radical (unpaired) electrons. The summed E-state index contributed by atoms with van der Waals surface area (Å²) in [6, 6.07) is 10.5. The lowest BCUT2D eigenvalue weighted by atomic mass is 10.0. The number of hydrogen-bond acceptors (Lipinski definition) is 6. The van der Waals surface area contributed by atoms with Gasteiger partial charge < -0.3 is 14.7 Å². The highest BCUT2D eigenvalue weighted by atomic mass is 16.7. The van der Waals surface area contributed by atoms with Crippen molar-refractivity contribution in [2.45, 2.75) is 32.9 Å². The largest absolute Gasteiger partial charge is 0.508 e. The number of amides is 1. The fourth-order valence-electron chi connectivity index (χ4n) is 3.82. The maximum Gasteiger partial charge on any atom is 0.275 e. The van der Waals surface area contributed by atoms with Crippen LogP contribution in [0, 0.1) is 0 Å². The van der Waals surface area contributed by atoms with E-state index in [0.29, 0.717) is 34.3 Å². The zero-order valence-corrected chi connectivity index (χ0v) is 18.6. The van der Waals surface area contributed by atoms with Crippen molar-refractivity contribution in [3.05, 3.63) is 65.5 Å². The van der Waals surface area contributed by atoms with Gasteiger partial charge in [-0.2, -0.15) is 0 Å². The highest BCUT2D eigenvalue weighted by Crippen LogP contribution is 2.39. The summed E-state index contributed by atoms with van der Waals surface area (Å²) in [6.07, 6.45) is 5.36. The Kier molecular flexibility index (Phi) is 5.97. The van der Waals surface area contributed by atoms with Gasteiger partial charge in [0.25, 0.3) is 5.56 Å². The summed E-state index contributed by atoms with van der Waals surface area (Å²) in [5.41, 5.74) is 2.84. The molecule has 4 rings (SSSR count). The van der Waals surface area contributed by atoms with E-state index in [1.54, 1.807) is 35.2 Å². The third-order valence-corrected chi connectivity index (χ3v) is 4.96. The molecular weight excluding hydrogens is 422 g/mol. The van der Waals surface area contributed by atoms with Crippen molar-refractivity contribution in [1.29, 1.82) is 0 Å². The summed E-state index contributed by atoms with van der Waals surface area (Å²) in [6.45, 7) is 5.99. The molecule has 2 N–H and O–H groups in total. The Labute approximate surface area is 190 Å². The summed E-state index contributed by atoms with van der Waals surface area (Å²) in [5, 5.41) is 11.4. The molecule has 4 aromatic rings. The molecule has 0 aliphatic heterocycles. The number of fused-ring (bicyclic) bond motifs is 1.